The second-order valence-corrected chi connectivity index (χ2v) is 8.79. The number of aromatic nitrogens is 1. The summed E-state index contributed by atoms with van der Waals surface area (Å²) in [5, 5.41) is 6.58. The summed E-state index contributed by atoms with van der Waals surface area (Å²) in [6.07, 6.45) is 5.08. The molecule has 140 valence electrons. The molecule has 2 aliphatic rings. The molecule has 2 heterocycles. The number of benzene rings is 1. The number of carbonyl (C=O) groups excluding carboxylic acids is 1. The number of amides is 1. The van der Waals surface area contributed by atoms with Gasteiger partial charge in [-0.3, -0.25) is 4.79 Å². The highest BCUT2D eigenvalue weighted by Crippen LogP contribution is 2.44. The van der Waals surface area contributed by atoms with Crippen molar-refractivity contribution in [2.24, 2.45) is 11.8 Å². The minimum absolute atomic E-state index is 0.0736. The van der Waals surface area contributed by atoms with Gasteiger partial charge in [-0.25, -0.2) is 0 Å². The zero-order valence-corrected chi connectivity index (χ0v) is 16.3. The van der Waals surface area contributed by atoms with Gasteiger partial charge in [0.1, 0.15) is 16.3 Å². The van der Waals surface area contributed by atoms with Crippen molar-refractivity contribution in [3.8, 4) is 5.75 Å². The molecule has 0 unspecified atom stereocenters. The van der Waals surface area contributed by atoms with Gasteiger partial charge in [0.05, 0.1) is 7.11 Å². The lowest BCUT2D eigenvalue weighted by atomic mass is 9.95. The molecule has 2 saturated carbocycles. The summed E-state index contributed by atoms with van der Waals surface area (Å²) in [5.41, 5.74) is 1.94. The summed E-state index contributed by atoms with van der Waals surface area (Å²) >= 11 is 1.69. The van der Waals surface area contributed by atoms with Crippen LogP contribution in [0.5, 0.6) is 5.75 Å². The van der Waals surface area contributed by atoms with Gasteiger partial charge in [-0.2, -0.15) is 0 Å². The van der Waals surface area contributed by atoms with E-state index in [0.29, 0.717) is 18.5 Å². The number of thiophene rings is 1. The first-order valence-electron chi connectivity index (χ1n) is 9.72. The fourth-order valence-corrected chi connectivity index (χ4v) is 5.79. The standard InChI is InChI=1S/C22H24N2O2S/c1-26-18-6-3-14(4-7-18)13-24-20(12-17-8-9-27-22(17)24)21(25)23-19-11-15-2-5-16(19)10-15/h3-4,6-9,12,15-16,19H,2,5,10-11,13H2,1H3,(H,23,25)/t15-,16-,19+/m1/s1. The van der Waals surface area contributed by atoms with Gasteiger partial charge >= 0.3 is 0 Å². The van der Waals surface area contributed by atoms with Crippen molar-refractivity contribution in [1.82, 2.24) is 9.88 Å². The average Bonchev–Trinajstić information content (AvgIpc) is 3.44. The van der Waals surface area contributed by atoms with Crippen LogP contribution in [0.3, 0.4) is 0 Å². The number of methoxy groups -OCH3 is 1. The number of hydrogen-bond acceptors (Lipinski definition) is 3. The first kappa shape index (κ1) is 16.9. The molecular formula is C22H24N2O2S. The normalized spacial score (nSPS) is 23.8. The van der Waals surface area contributed by atoms with Crippen molar-refractivity contribution in [1.29, 1.82) is 0 Å². The maximum atomic E-state index is 13.1. The Morgan fingerprint density at radius 3 is 2.78 bits per heavy atom. The third kappa shape index (κ3) is 3.04. The molecule has 2 aromatic heterocycles. The van der Waals surface area contributed by atoms with E-state index in [4.69, 9.17) is 4.74 Å². The van der Waals surface area contributed by atoms with Crippen LogP contribution >= 0.6 is 11.3 Å². The van der Waals surface area contributed by atoms with E-state index < -0.39 is 0 Å². The summed E-state index contributed by atoms with van der Waals surface area (Å²) < 4.78 is 7.41. The molecule has 0 saturated heterocycles. The Labute approximate surface area is 163 Å². The Balaban J connectivity index is 1.42. The van der Waals surface area contributed by atoms with Crippen LogP contribution < -0.4 is 10.1 Å². The second kappa shape index (κ2) is 6.71. The van der Waals surface area contributed by atoms with Gasteiger partial charge in [0.15, 0.2) is 0 Å². The van der Waals surface area contributed by atoms with E-state index in [0.717, 1.165) is 39.6 Å². The molecule has 0 spiro atoms. The van der Waals surface area contributed by atoms with Crippen LogP contribution in [0.25, 0.3) is 10.2 Å². The van der Waals surface area contributed by atoms with Gasteiger partial charge in [-0.15, -0.1) is 11.3 Å². The van der Waals surface area contributed by atoms with Crippen LogP contribution in [0.2, 0.25) is 0 Å². The average molecular weight is 381 g/mol. The summed E-state index contributed by atoms with van der Waals surface area (Å²) in [5.74, 6) is 2.44. The molecule has 1 amide bonds. The van der Waals surface area contributed by atoms with Gasteiger partial charge in [-0.05, 0) is 66.3 Å². The van der Waals surface area contributed by atoms with Gasteiger partial charge in [0.2, 0.25) is 0 Å². The molecule has 2 fully saturated rings. The van der Waals surface area contributed by atoms with E-state index in [-0.39, 0.29) is 5.91 Å². The van der Waals surface area contributed by atoms with Crippen LogP contribution in [0, 0.1) is 11.8 Å². The molecule has 5 heteroatoms. The van der Waals surface area contributed by atoms with Crippen molar-refractivity contribution >= 4 is 27.5 Å². The largest absolute Gasteiger partial charge is 0.497 e. The van der Waals surface area contributed by atoms with Crippen molar-refractivity contribution in [3.05, 3.63) is 53.0 Å². The molecular weight excluding hydrogens is 356 g/mol. The zero-order chi connectivity index (χ0) is 18.4. The fourth-order valence-electron chi connectivity index (χ4n) is 4.90. The van der Waals surface area contributed by atoms with E-state index in [9.17, 15) is 4.79 Å². The fraction of sp³-hybridized carbons (Fsp3) is 0.409. The Morgan fingerprint density at radius 1 is 1.22 bits per heavy atom. The number of rotatable bonds is 5. The molecule has 0 radical (unpaired) electrons. The third-order valence-electron chi connectivity index (χ3n) is 6.29. The number of nitrogens with one attached hydrogen (secondary N) is 1. The summed E-state index contributed by atoms with van der Waals surface area (Å²) in [6.45, 7) is 0.688. The minimum Gasteiger partial charge on any atom is -0.497 e. The summed E-state index contributed by atoms with van der Waals surface area (Å²) in [4.78, 5) is 14.3. The monoisotopic (exact) mass is 380 g/mol. The van der Waals surface area contributed by atoms with Crippen LogP contribution in [0.4, 0.5) is 0 Å². The van der Waals surface area contributed by atoms with Crippen LogP contribution in [-0.4, -0.2) is 23.6 Å². The highest BCUT2D eigenvalue weighted by molar-refractivity contribution is 7.16. The molecule has 2 bridgehead atoms. The molecule has 1 aromatic carbocycles. The first-order valence-corrected chi connectivity index (χ1v) is 10.6. The molecule has 27 heavy (non-hydrogen) atoms. The SMILES string of the molecule is COc1ccc(Cn2c(C(=O)N[C@H]3C[C@@H]4CC[C@@H]3C4)cc3ccsc32)cc1. The maximum absolute atomic E-state index is 13.1. The minimum atomic E-state index is 0.0736. The predicted molar refractivity (Wildman–Crippen MR) is 109 cm³/mol. The number of nitrogens with zero attached hydrogens (tertiary/aromatic N) is 1. The number of hydrogen-bond donors (Lipinski definition) is 1. The highest BCUT2D eigenvalue weighted by atomic mass is 32.1. The van der Waals surface area contributed by atoms with Crippen LogP contribution in [0.1, 0.15) is 41.7 Å². The maximum Gasteiger partial charge on any atom is 0.268 e. The van der Waals surface area contributed by atoms with Crippen molar-refractivity contribution < 1.29 is 9.53 Å². The van der Waals surface area contributed by atoms with Gasteiger partial charge in [-0.1, -0.05) is 18.6 Å². The lowest BCUT2D eigenvalue weighted by Gasteiger charge is -2.23. The van der Waals surface area contributed by atoms with Gasteiger partial charge in [0.25, 0.3) is 5.91 Å². The number of carbonyl (C=O) groups is 1. The lowest BCUT2D eigenvalue weighted by molar-refractivity contribution is 0.0914. The van der Waals surface area contributed by atoms with Gasteiger partial charge in [0, 0.05) is 18.0 Å². The quantitative estimate of drug-likeness (QED) is 0.698. The predicted octanol–water partition coefficient (Wildman–Crippen LogP) is 4.68. The smallest absolute Gasteiger partial charge is 0.268 e. The number of fused-ring (bicyclic) bond motifs is 3. The van der Waals surface area contributed by atoms with E-state index in [1.807, 2.05) is 18.2 Å². The summed E-state index contributed by atoms with van der Waals surface area (Å²) in [6, 6.07) is 12.6. The molecule has 2 aliphatic carbocycles. The van der Waals surface area contributed by atoms with E-state index in [2.05, 4.69) is 33.5 Å². The number of ether oxygens (including phenoxy) is 1. The lowest BCUT2D eigenvalue weighted by Crippen LogP contribution is -2.39. The Morgan fingerprint density at radius 2 is 2.07 bits per heavy atom. The molecule has 3 aromatic rings. The van der Waals surface area contributed by atoms with E-state index >= 15 is 0 Å². The Bertz CT molecular complexity index is 972. The third-order valence-corrected chi connectivity index (χ3v) is 7.24. The molecule has 4 nitrogen and oxygen atoms in total. The van der Waals surface area contributed by atoms with E-state index in [1.165, 1.54) is 19.3 Å². The summed E-state index contributed by atoms with van der Waals surface area (Å²) in [7, 11) is 1.67. The van der Waals surface area contributed by atoms with Crippen molar-refractivity contribution in [2.75, 3.05) is 7.11 Å². The zero-order valence-electron chi connectivity index (χ0n) is 15.5. The van der Waals surface area contributed by atoms with Crippen molar-refractivity contribution in [2.45, 2.75) is 38.3 Å². The first-order chi connectivity index (χ1) is 13.2. The Kier molecular flexibility index (Phi) is 4.20. The van der Waals surface area contributed by atoms with Gasteiger partial charge < -0.3 is 14.6 Å². The second-order valence-electron chi connectivity index (χ2n) is 7.90. The molecule has 1 N–H and O–H groups in total. The topological polar surface area (TPSA) is 43.3 Å². The van der Waals surface area contributed by atoms with Crippen LogP contribution in [0.15, 0.2) is 41.8 Å². The molecule has 5 rings (SSSR count). The highest BCUT2D eigenvalue weighted by Gasteiger charge is 2.40. The van der Waals surface area contributed by atoms with E-state index in [1.54, 1.807) is 18.4 Å². The Hall–Kier alpha value is -2.27. The van der Waals surface area contributed by atoms with Crippen LogP contribution in [-0.2, 0) is 6.54 Å². The van der Waals surface area contributed by atoms with Crippen molar-refractivity contribution in [3.63, 3.8) is 0 Å². The molecule has 3 atom stereocenters. The molecule has 0 aliphatic heterocycles.